The predicted octanol–water partition coefficient (Wildman–Crippen LogP) is -3.38. The quantitative estimate of drug-likeness (QED) is 0.198. The molecule has 0 unspecified atom stereocenters. The Bertz CT molecular complexity index is 304. The van der Waals surface area contributed by atoms with Gasteiger partial charge in [0.25, 0.3) is 0 Å². The molecule has 0 aromatic carbocycles. The lowest BCUT2D eigenvalue weighted by Crippen LogP contribution is -3.14. The van der Waals surface area contributed by atoms with Crippen molar-refractivity contribution in [3.63, 3.8) is 0 Å². The normalized spacial score (nSPS) is 16.6. The van der Waals surface area contributed by atoms with Crippen LogP contribution in [0.5, 0.6) is 0 Å². The molecule has 1 heterocycles. The van der Waals surface area contributed by atoms with Gasteiger partial charge in [0.05, 0.1) is 45.2 Å². The van der Waals surface area contributed by atoms with Gasteiger partial charge >= 0.3 is 11.8 Å². The Morgan fingerprint density at radius 1 is 1.44 bits per heavy atom. The number of piperazine rings is 1. The van der Waals surface area contributed by atoms with E-state index in [0.717, 1.165) is 19.6 Å². The molecule has 2 amide bonds. The molecule has 1 aliphatic rings. The minimum absolute atomic E-state index is 0.520. The molecule has 1 fully saturated rings. The van der Waals surface area contributed by atoms with E-state index in [1.54, 1.807) is 0 Å². The summed E-state index contributed by atoms with van der Waals surface area (Å²) in [6.07, 6.45) is 0.520. The lowest BCUT2D eigenvalue weighted by molar-refractivity contribution is -0.903. The summed E-state index contributed by atoms with van der Waals surface area (Å²) >= 11 is 0. The second-order valence-corrected chi connectivity index (χ2v) is 3.67. The van der Waals surface area contributed by atoms with Crippen molar-refractivity contribution in [3.8, 4) is 6.07 Å². The van der Waals surface area contributed by atoms with E-state index in [2.05, 4.69) is 6.07 Å². The fourth-order valence-electron chi connectivity index (χ4n) is 1.71. The number of carbonyl (C=O) groups excluding carboxylic acids is 2. The van der Waals surface area contributed by atoms with E-state index in [4.69, 9.17) is 11.1 Å². The molecule has 0 radical (unpaired) electrons. The van der Waals surface area contributed by atoms with Crippen molar-refractivity contribution >= 4 is 11.8 Å². The number of amides is 2. The lowest BCUT2D eigenvalue weighted by Gasteiger charge is -2.31. The number of carbonyl (C=O) groups is 2. The van der Waals surface area contributed by atoms with Gasteiger partial charge in [0.1, 0.15) is 0 Å². The van der Waals surface area contributed by atoms with Crippen molar-refractivity contribution in [1.29, 1.82) is 5.26 Å². The summed E-state index contributed by atoms with van der Waals surface area (Å²) in [6.45, 7) is 3.40. The van der Waals surface area contributed by atoms with E-state index in [-0.39, 0.29) is 0 Å². The number of quaternary nitrogens is 1. The highest BCUT2D eigenvalue weighted by Crippen LogP contribution is 1.90. The molecule has 1 aliphatic heterocycles. The molecule has 1 rings (SSSR count). The molecular formula is C9H16N5O2+. The summed E-state index contributed by atoms with van der Waals surface area (Å²) < 4.78 is 0. The number of nitrogens with one attached hydrogen (secondary N) is 2. The number of hydrogen-bond donors (Lipinski definition) is 3. The highest BCUT2D eigenvalue weighted by atomic mass is 16.2. The summed E-state index contributed by atoms with van der Waals surface area (Å²) in [4.78, 5) is 25.2. The van der Waals surface area contributed by atoms with Gasteiger partial charge in [-0.2, -0.15) is 5.26 Å². The molecule has 0 bridgehead atoms. The molecule has 0 atom stereocenters. The molecule has 0 spiro atoms. The fourth-order valence-corrected chi connectivity index (χ4v) is 1.71. The summed E-state index contributed by atoms with van der Waals surface area (Å²) in [5, 5.41) is 8.45. The Balaban J connectivity index is 2.35. The maximum atomic E-state index is 11.4. The van der Waals surface area contributed by atoms with Gasteiger partial charge in [0.2, 0.25) is 0 Å². The number of nitriles is 1. The highest BCUT2D eigenvalue weighted by Gasteiger charge is 2.26. The topological polar surface area (TPSA) is 104 Å². The van der Waals surface area contributed by atoms with Crippen molar-refractivity contribution in [2.24, 2.45) is 5.84 Å². The van der Waals surface area contributed by atoms with E-state index < -0.39 is 11.8 Å². The third kappa shape index (κ3) is 3.18. The molecule has 88 valence electrons. The molecular weight excluding hydrogens is 210 g/mol. The second kappa shape index (κ2) is 6.05. The predicted molar refractivity (Wildman–Crippen MR) is 54.7 cm³/mol. The van der Waals surface area contributed by atoms with Gasteiger partial charge in [-0.05, 0) is 0 Å². The fraction of sp³-hybridized carbons (Fsp3) is 0.667. The van der Waals surface area contributed by atoms with Gasteiger partial charge in [-0.25, -0.2) is 5.84 Å². The van der Waals surface area contributed by atoms with Crippen molar-refractivity contribution < 1.29 is 14.5 Å². The van der Waals surface area contributed by atoms with Crippen LogP contribution >= 0.6 is 0 Å². The van der Waals surface area contributed by atoms with Gasteiger partial charge in [0, 0.05) is 0 Å². The smallest absolute Gasteiger partial charge is 0.323 e. The minimum atomic E-state index is -0.777. The summed E-state index contributed by atoms with van der Waals surface area (Å²) in [5.74, 6) is 3.53. The molecule has 16 heavy (non-hydrogen) atoms. The van der Waals surface area contributed by atoms with E-state index >= 15 is 0 Å². The average molecular weight is 226 g/mol. The molecule has 0 aliphatic carbocycles. The van der Waals surface area contributed by atoms with Crippen LogP contribution < -0.4 is 16.2 Å². The van der Waals surface area contributed by atoms with Crippen molar-refractivity contribution in [3.05, 3.63) is 0 Å². The van der Waals surface area contributed by atoms with Crippen LogP contribution in [0, 0.1) is 11.3 Å². The van der Waals surface area contributed by atoms with Crippen LogP contribution in [0.2, 0.25) is 0 Å². The first-order valence-electron chi connectivity index (χ1n) is 5.19. The standard InChI is InChI=1S/C9H15N5O2/c10-2-1-3-13-4-6-14(7-5-13)9(16)8(15)12-11/h1,3-7,11H2,(H,12,15)/p+1. The van der Waals surface area contributed by atoms with Gasteiger partial charge in [-0.3, -0.25) is 15.0 Å². The van der Waals surface area contributed by atoms with Crippen molar-refractivity contribution in [1.82, 2.24) is 10.3 Å². The third-order valence-electron chi connectivity index (χ3n) is 2.67. The van der Waals surface area contributed by atoms with Crippen molar-refractivity contribution in [2.75, 3.05) is 32.7 Å². The summed E-state index contributed by atoms with van der Waals surface area (Å²) in [6, 6.07) is 2.09. The first kappa shape index (κ1) is 12.4. The van der Waals surface area contributed by atoms with E-state index in [9.17, 15) is 9.59 Å². The van der Waals surface area contributed by atoms with Gasteiger partial charge in [-0.1, -0.05) is 0 Å². The molecule has 7 heteroatoms. The third-order valence-corrected chi connectivity index (χ3v) is 2.67. The molecule has 1 saturated heterocycles. The van der Waals surface area contributed by atoms with Crippen LogP contribution in [0.1, 0.15) is 6.42 Å². The van der Waals surface area contributed by atoms with Gasteiger partial charge < -0.3 is 9.80 Å². The van der Waals surface area contributed by atoms with Gasteiger partial charge in [-0.15, -0.1) is 0 Å². The monoisotopic (exact) mass is 226 g/mol. The Hall–Kier alpha value is -1.65. The van der Waals surface area contributed by atoms with Crippen LogP contribution in [-0.4, -0.2) is 49.4 Å². The molecule has 7 nitrogen and oxygen atoms in total. The van der Waals surface area contributed by atoms with Crippen LogP contribution in [0.25, 0.3) is 0 Å². The maximum absolute atomic E-state index is 11.4. The van der Waals surface area contributed by atoms with Crippen LogP contribution in [0.15, 0.2) is 0 Å². The van der Waals surface area contributed by atoms with Crippen LogP contribution in [0.4, 0.5) is 0 Å². The second-order valence-electron chi connectivity index (χ2n) is 3.67. The Morgan fingerprint density at radius 2 is 2.06 bits per heavy atom. The zero-order valence-corrected chi connectivity index (χ0v) is 9.03. The Labute approximate surface area is 93.7 Å². The summed E-state index contributed by atoms with van der Waals surface area (Å²) in [7, 11) is 0. The van der Waals surface area contributed by atoms with E-state index in [1.807, 2.05) is 5.43 Å². The lowest BCUT2D eigenvalue weighted by atomic mass is 10.3. The number of hydrogen-bond acceptors (Lipinski definition) is 4. The number of rotatable bonds is 2. The molecule has 0 aromatic rings. The van der Waals surface area contributed by atoms with Crippen molar-refractivity contribution in [2.45, 2.75) is 6.42 Å². The molecule has 4 N–H and O–H groups in total. The van der Waals surface area contributed by atoms with Crippen LogP contribution in [-0.2, 0) is 9.59 Å². The number of nitrogens with zero attached hydrogens (tertiary/aromatic N) is 2. The minimum Gasteiger partial charge on any atom is -0.331 e. The average Bonchev–Trinajstić information content (AvgIpc) is 2.35. The zero-order valence-electron chi connectivity index (χ0n) is 9.03. The first-order chi connectivity index (χ1) is 7.69. The van der Waals surface area contributed by atoms with Crippen LogP contribution in [0.3, 0.4) is 0 Å². The van der Waals surface area contributed by atoms with E-state index in [0.29, 0.717) is 19.5 Å². The van der Waals surface area contributed by atoms with Gasteiger partial charge in [0.15, 0.2) is 0 Å². The molecule has 0 saturated carbocycles. The Kier molecular flexibility index (Phi) is 4.69. The zero-order chi connectivity index (χ0) is 12.0. The number of hydrazine groups is 1. The number of nitrogens with two attached hydrogens (primary N) is 1. The highest BCUT2D eigenvalue weighted by molar-refractivity contribution is 6.34. The summed E-state index contributed by atoms with van der Waals surface area (Å²) in [5.41, 5.74) is 1.83. The maximum Gasteiger partial charge on any atom is 0.323 e. The largest absolute Gasteiger partial charge is 0.331 e. The first-order valence-corrected chi connectivity index (χ1v) is 5.19. The Morgan fingerprint density at radius 3 is 2.56 bits per heavy atom. The SMILES string of the molecule is N#CCC[NH+]1CCN(C(=O)C(=O)NN)CC1. The van der Waals surface area contributed by atoms with E-state index in [1.165, 1.54) is 9.80 Å². The molecule has 0 aromatic heterocycles.